The van der Waals surface area contributed by atoms with Crippen LogP contribution in [0, 0.1) is 0 Å². The highest BCUT2D eigenvalue weighted by Gasteiger charge is 2.09. The van der Waals surface area contributed by atoms with Gasteiger partial charge in [0.15, 0.2) is 0 Å². The first-order chi connectivity index (χ1) is 8.25. The van der Waals surface area contributed by atoms with Crippen molar-refractivity contribution < 1.29 is 0 Å². The molecule has 0 fully saturated rings. The molecule has 0 aliphatic rings. The van der Waals surface area contributed by atoms with Crippen LogP contribution < -0.4 is 5.73 Å². The average molecular weight is 288 g/mol. The van der Waals surface area contributed by atoms with Crippen molar-refractivity contribution in [1.29, 1.82) is 0 Å². The number of rotatable bonds is 1. The summed E-state index contributed by atoms with van der Waals surface area (Å²) >= 11 is 3.43. The van der Waals surface area contributed by atoms with E-state index in [1.807, 2.05) is 53.1 Å². The fourth-order valence-corrected chi connectivity index (χ4v) is 2.27. The third kappa shape index (κ3) is 1.70. The summed E-state index contributed by atoms with van der Waals surface area (Å²) in [6.45, 7) is 0. The Morgan fingerprint density at radius 3 is 2.59 bits per heavy atom. The van der Waals surface area contributed by atoms with Gasteiger partial charge in [0.05, 0.1) is 11.0 Å². The van der Waals surface area contributed by atoms with Crippen LogP contribution in [0.5, 0.6) is 0 Å². The second-order valence-corrected chi connectivity index (χ2v) is 4.69. The van der Waals surface area contributed by atoms with Gasteiger partial charge < -0.3 is 5.73 Å². The van der Waals surface area contributed by atoms with E-state index in [0.717, 1.165) is 21.2 Å². The van der Waals surface area contributed by atoms with Crippen molar-refractivity contribution in [2.24, 2.45) is 0 Å². The Balaban J connectivity index is 2.33. The Labute approximate surface area is 107 Å². The molecule has 0 saturated carbocycles. The van der Waals surface area contributed by atoms with E-state index in [-0.39, 0.29) is 0 Å². The van der Waals surface area contributed by atoms with Crippen LogP contribution in [0.3, 0.4) is 0 Å². The third-order valence-electron chi connectivity index (χ3n) is 2.66. The Hall–Kier alpha value is -1.81. The number of hydrogen-bond donors (Lipinski definition) is 1. The molecule has 0 atom stereocenters. The predicted octanol–water partition coefficient (Wildman–Crippen LogP) is 3.37. The minimum atomic E-state index is 0.504. The summed E-state index contributed by atoms with van der Waals surface area (Å²) < 4.78 is 2.95. The minimum Gasteiger partial charge on any atom is -0.369 e. The first-order valence-corrected chi connectivity index (χ1v) is 6.04. The number of halogens is 1. The molecule has 84 valence electrons. The van der Waals surface area contributed by atoms with Crippen LogP contribution in [0.15, 0.2) is 53.0 Å². The summed E-state index contributed by atoms with van der Waals surface area (Å²) in [7, 11) is 0. The van der Waals surface area contributed by atoms with E-state index in [2.05, 4.69) is 20.9 Å². The number of benzene rings is 2. The maximum Gasteiger partial charge on any atom is 0.205 e. The van der Waals surface area contributed by atoms with E-state index in [0.29, 0.717) is 5.95 Å². The van der Waals surface area contributed by atoms with Crippen molar-refractivity contribution in [3.63, 3.8) is 0 Å². The number of para-hydroxylation sites is 1. The highest BCUT2D eigenvalue weighted by atomic mass is 79.9. The van der Waals surface area contributed by atoms with E-state index in [1.165, 1.54) is 0 Å². The largest absolute Gasteiger partial charge is 0.369 e. The van der Waals surface area contributed by atoms with E-state index in [4.69, 9.17) is 5.73 Å². The standard InChI is InChI=1S/C13H10BrN3/c14-9-6-7-12-11(8-9)16-13(15)17(12)10-4-2-1-3-5-10/h1-8H,(H2,15,16). The zero-order valence-corrected chi connectivity index (χ0v) is 10.6. The van der Waals surface area contributed by atoms with Crippen LogP contribution in [0.25, 0.3) is 16.7 Å². The number of nitrogens with two attached hydrogens (primary N) is 1. The van der Waals surface area contributed by atoms with Crippen LogP contribution in [-0.4, -0.2) is 9.55 Å². The lowest BCUT2D eigenvalue weighted by Gasteiger charge is -2.05. The Bertz CT molecular complexity index is 674. The summed E-state index contributed by atoms with van der Waals surface area (Å²) in [4.78, 5) is 4.36. The number of nitrogen functional groups attached to an aromatic ring is 1. The van der Waals surface area contributed by atoms with Gasteiger partial charge in [-0.05, 0) is 30.3 Å². The number of nitrogens with zero attached hydrogens (tertiary/aromatic N) is 2. The van der Waals surface area contributed by atoms with Crippen LogP contribution in [-0.2, 0) is 0 Å². The van der Waals surface area contributed by atoms with Gasteiger partial charge in [0.25, 0.3) is 0 Å². The first-order valence-electron chi connectivity index (χ1n) is 5.24. The molecule has 4 heteroatoms. The second-order valence-electron chi connectivity index (χ2n) is 3.77. The number of aromatic nitrogens is 2. The lowest BCUT2D eigenvalue weighted by Crippen LogP contribution is -1.99. The van der Waals surface area contributed by atoms with Crippen LogP contribution >= 0.6 is 15.9 Å². The molecule has 0 spiro atoms. The lowest BCUT2D eigenvalue weighted by molar-refractivity contribution is 1.11. The number of imidazole rings is 1. The summed E-state index contributed by atoms with van der Waals surface area (Å²) in [5, 5.41) is 0. The molecule has 2 aromatic carbocycles. The smallest absolute Gasteiger partial charge is 0.205 e. The van der Waals surface area contributed by atoms with Gasteiger partial charge >= 0.3 is 0 Å². The van der Waals surface area contributed by atoms with Gasteiger partial charge in [-0.3, -0.25) is 4.57 Å². The van der Waals surface area contributed by atoms with Gasteiger partial charge in [-0.25, -0.2) is 4.98 Å². The maximum absolute atomic E-state index is 5.97. The Morgan fingerprint density at radius 2 is 1.82 bits per heavy atom. The summed E-state index contributed by atoms with van der Waals surface area (Å²) in [5.41, 5.74) is 8.90. The van der Waals surface area contributed by atoms with Crippen LogP contribution in [0.4, 0.5) is 5.95 Å². The Kier molecular flexibility index (Phi) is 2.37. The van der Waals surface area contributed by atoms with Crippen molar-refractivity contribution >= 4 is 32.9 Å². The molecule has 0 saturated heterocycles. The molecular formula is C13H10BrN3. The zero-order chi connectivity index (χ0) is 11.8. The van der Waals surface area contributed by atoms with Crippen molar-refractivity contribution in [2.45, 2.75) is 0 Å². The van der Waals surface area contributed by atoms with Gasteiger partial charge in [0, 0.05) is 10.2 Å². The van der Waals surface area contributed by atoms with Crippen molar-refractivity contribution in [1.82, 2.24) is 9.55 Å². The molecular weight excluding hydrogens is 278 g/mol. The molecule has 1 heterocycles. The molecule has 0 bridgehead atoms. The molecule has 3 nitrogen and oxygen atoms in total. The quantitative estimate of drug-likeness (QED) is 0.746. The number of anilines is 1. The van der Waals surface area contributed by atoms with E-state index in [9.17, 15) is 0 Å². The van der Waals surface area contributed by atoms with Crippen molar-refractivity contribution in [2.75, 3.05) is 5.73 Å². The molecule has 2 N–H and O–H groups in total. The molecule has 17 heavy (non-hydrogen) atoms. The van der Waals surface area contributed by atoms with Crippen LogP contribution in [0.2, 0.25) is 0 Å². The van der Waals surface area contributed by atoms with E-state index >= 15 is 0 Å². The highest BCUT2D eigenvalue weighted by molar-refractivity contribution is 9.10. The highest BCUT2D eigenvalue weighted by Crippen LogP contribution is 2.25. The minimum absolute atomic E-state index is 0.504. The lowest BCUT2D eigenvalue weighted by atomic mass is 10.3. The summed E-state index contributed by atoms with van der Waals surface area (Å²) in [5.74, 6) is 0.504. The predicted molar refractivity (Wildman–Crippen MR) is 73.2 cm³/mol. The van der Waals surface area contributed by atoms with Gasteiger partial charge in [0.1, 0.15) is 0 Å². The number of hydrogen-bond acceptors (Lipinski definition) is 2. The fourth-order valence-electron chi connectivity index (χ4n) is 1.92. The third-order valence-corrected chi connectivity index (χ3v) is 3.15. The van der Waals surface area contributed by atoms with Crippen LogP contribution in [0.1, 0.15) is 0 Å². The van der Waals surface area contributed by atoms with E-state index < -0.39 is 0 Å². The second kappa shape index (κ2) is 3.89. The summed E-state index contributed by atoms with van der Waals surface area (Å²) in [6, 6.07) is 15.9. The van der Waals surface area contributed by atoms with Crippen molar-refractivity contribution in [3.05, 3.63) is 53.0 Å². The van der Waals surface area contributed by atoms with Gasteiger partial charge in [-0.1, -0.05) is 34.1 Å². The fraction of sp³-hybridized carbons (Fsp3) is 0. The van der Waals surface area contributed by atoms with Crippen molar-refractivity contribution in [3.8, 4) is 5.69 Å². The van der Waals surface area contributed by atoms with Gasteiger partial charge in [0.2, 0.25) is 5.95 Å². The molecule has 0 aliphatic carbocycles. The zero-order valence-electron chi connectivity index (χ0n) is 8.97. The van der Waals surface area contributed by atoms with Gasteiger partial charge in [-0.15, -0.1) is 0 Å². The molecule has 0 aliphatic heterocycles. The normalized spacial score (nSPS) is 10.9. The molecule has 0 radical (unpaired) electrons. The first kappa shape index (κ1) is 10.4. The van der Waals surface area contributed by atoms with E-state index in [1.54, 1.807) is 0 Å². The van der Waals surface area contributed by atoms with Gasteiger partial charge in [-0.2, -0.15) is 0 Å². The molecule has 1 aromatic heterocycles. The molecule has 0 unspecified atom stereocenters. The monoisotopic (exact) mass is 287 g/mol. The Morgan fingerprint density at radius 1 is 1.06 bits per heavy atom. The molecule has 3 rings (SSSR count). The SMILES string of the molecule is Nc1nc2cc(Br)ccc2n1-c1ccccc1. The maximum atomic E-state index is 5.97. The average Bonchev–Trinajstić information content (AvgIpc) is 2.65. The molecule has 3 aromatic rings. The number of fused-ring (bicyclic) bond motifs is 1. The summed E-state index contributed by atoms with van der Waals surface area (Å²) in [6.07, 6.45) is 0. The topological polar surface area (TPSA) is 43.8 Å². The molecule has 0 amide bonds.